The van der Waals surface area contributed by atoms with Gasteiger partial charge in [-0.2, -0.15) is 5.26 Å². The minimum atomic E-state index is -0.717. The minimum Gasteiger partial charge on any atom is -0.453 e. The molecule has 0 aliphatic carbocycles. The third-order valence-electron chi connectivity index (χ3n) is 4.27. The first kappa shape index (κ1) is 23.3. The van der Waals surface area contributed by atoms with Crippen molar-refractivity contribution in [1.82, 2.24) is 20.2 Å². The maximum absolute atomic E-state index is 15.2. The molecule has 166 valence electrons. The molecule has 0 saturated carbocycles. The number of rotatable bonds is 6. The van der Waals surface area contributed by atoms with Gasteiger partial charge in [-0.25, -0.2) is 14.4 Å². The predicted molar refractivity (Wildman–Crippen MR) is 123 cm³/mol. The van der Waals surface area contributed by atoms with E-state index in [4.69, 9.17) is 49.2 Å². The fourth-order valence-corrected chi connectivity index (χ4v) is 3.71. The Kier molecular flexibility index (Phi) is 7.00. The first-order valence-corrected chi connectivity index (χ1v) is 11.5. The van der Waals surface area contributed by atoms with Crippen molar-refractivity contribution in [2.75, 3.05) is 6.26 Å². The Morgan fingerprint density at radius 2 is 1.97 bits per heavy atom. The third kappa shape index (κ3) is 5.20. The van der Waals surface area contributed by atoms with Crippen molar-refractivity contribution in [3.05, 3.63) is 74.4 Å². The summed E-state index contributed by atoms with van der Waals surface area (Å²) >= 11 is 19.6. The second-order valence-electron chi connectivity index (χ2n) is 6.47. The zero-order valence-electron chi connectivity index (χ0n) is 16.6. The molecule has 2 aromatic heterocycles. The molecule has 0 bridgehead atoms. The predicted octanol–water partition coefficient (Wildman–Crippen LogP) is 6.60. The van der Waals surface area contributed by atoms with E-state index >= 15 is 4.39 Å². The molecule has 0 fully saturated rings. The number of aromatic nitrogens is 4. The van der Waals surface area contributed by atoms with Crippen LogP contribution in [0.3, 0.4) is 0 Å². The smallest absolute Gasteiger partial charge is 0.268 e. The number of ether oxygens (including phenoxy) is 1. The third-order valence-corrected chi connectivity index (χ3v) is 5.62. The second kappa shape index (κ2) is 9.93. The molecule has 0 unspecified atom stereocenters. The van der Waals surface area contributed by atoms with E-state index in [-0.39, 0.29) is 61.6 Å². The number of nitrogens with zero attached hydrogens (tertiary/aromatic N) is 5. The van der Waals surface area contributed by atoms with Crippen LogP contribution in [0.4, 0.5) is 4.39 Å². The Morgan fingerprint density at radius 3 is 2.73 bits per heavy atom. The molecule has 0 saturated heterocycles. The van der Waals surface area contributed by atoms with E-state index in [0.29, 0.717) is 5.16 Å². The largest absolute Gasteiger partial charge is 0.453 e. The van der Waals surface area contributed by atoms with E-state index in [1.54, 1.807) is 0 Å². The maximum atomic E-state index is 15.2. The molecule has 2 aromatic carbocycles. The Balaban J connectivity index is 1.62. The normalized spacial score (nSPS) is 10.8. The summed E-state index contributed by atoms with van der Waals surface area (Å²) in [6.45, 7) is 0. The molecule has 7 nitrogen and oxygen atoms in total. The lowest BCUT2D eigenvalue weighted by Crippen LogP contribution is -1.98. The molecule has 0 atom stereocenters. The van der Waals surface area contributed by atoms with Crippen LogP contribution >= 0.6 is 46.6 Å². The highest BCUT2D eigenvalue weighted by atomic mass is 35.5. The van der Waals surface area contributed by atoms with Gasteiger partial charge in [0, 0.05) is 10.6 Å². The average molecular weight is 523 g/mol. The number of benzene rings is 2. The number of hydrogen-bond acceptors (Lipinski definition) is 8. The number of thioether (sulfide) groups is 1. The highest BCUT2D eigenvalue weighted by Gasteiger charge is 2.20. The zero-order valence-corrected chi connectivity index (χ0v) is 19.7. The summed E-state index contributed by atoms with van der Waals surface area (Å²) in [6, 6.07) is 9.25. The van der Waals surface area contributed by atoms with E-state index < -0.39 is 5.82 Å². The van der Waals surface area contributed by atoms with Gasteiger partial charge >= 0.3 is 0 Å². The molecular formula is C21H11Cl3FN5O2S. The second-order valence-corrected chi connectivity index (χ2v) is 8.49. The van der Waals surface area contributed by atoms with Crippen LogP contribution in [-0.4, -0.2) is 26.4 Å². The standard InChI is InChI=1S/C21H11Cl3FN5O2S/c1-33-21-27-9-15(24)18(28-21)20-30-29-16(32-20)6-11-2-3-14(23)19(17(11)25)31-13-5-10(8-26)4-12(22)7-13/h2-5,7,9H,6H2,1H3. The monoisotopic (exact) mass is 521 g/mol. The average Bonchev–Trinajstić information content (AvgIpc) is 3.27. The zero-order chi connectivity index (χ0) is 23.5. The van der Waals surface area contributed by atoms with Crippen LogP contribution in [0.25, 0.3) is 11.6 Å². The van der Waals surface area contributed by atoms with Crippen LogP contribution in [-0.2, 0) is 6.42 Å². The number of hydrogen-bond donors (Lipinski definition) is 0. The summed E-state index contributed by atoms with van der Waals surface area (Å²) in [5.74, 6) is -0.553. The fraction of sp³-hybridized carbons (Fsp3) is 0.0952. The summed E-state index contributed by atoms with van der Waals surface area (Å²) < 4.78 is 26.5. The highest BCUT2D eigenvalue weighted by molar-refractivity contribution is 7.98. The van der Waals surface area contributed by atoms with Gasteiger partial charge in [-0.05, 0) is 30.5 Å². The molecule has 0 aliphatic rings. The molecule has 0 spiro atoms. The molecule has 4 aromatic rings. The summed E-state index contributed by atoms with van der Waals surface area (Å²) in [7, 11) is 0. The molecule has 12 heteroatoms. The number of nitriles is 1. The van der Waals surface area contributed by atoms with Gasteiger partial charge in [0.05, 0.1) is 34.3 Å². The number of halogens is 4. The van der Waals surface area contributed by atoms with Crippen molar-refractivity contribution < 1.29 is 13.5 Å². The van der Waals surface area contributed by atoms with E-state index in [1.807, 2.05) is 12.3 Å². The first-order valence-electron chi connectivity index (χ1n) is 9.12. The van der Waals surface area contributed by atoms with Crippen LogP contribution in [0.1, 0.15) is 17.0 Å². The van der Waals surface area contributed by atoms with Gasteiger partial charge in [0.25, 0.3) is 5.89 Å². The molecule has 33 heavy (non-hydrogen) atoms. The lowest BCUT2D eigenvalue weighted by molar-refractivity contribution is 0.437. The van der Waals surface area contributed by atoms with Gasteiger partial charge in [-0.1, -0.05) is 52.6 Å². The van der Waals surface area contributed by atoms with Crippen molar-refractivity contribution in [2.24, 2.45) is 0 Å². The van der Waals surface area contributed by atoms with Crippen LogP contribution in [0.2, 0.25) is 15.1 Å². The van der Waals surface area contributed by atoms with Gasteiger partial charge in [-0.3, -0.25) is 0 Å². The van der Waals surface area contributed by atoms with Gasteiger partial charge in [0.15, 0.2) is 22.4 Å². The Morgan fingerprint density at radius 1 is 1.15 bits per heavy atom. The SMILES string of the molecule is CSc1ncc(Cl)c(-c2nnc(Cc3ccc(Cl)c(Oc4cc(Cl)cc(C#N)c4)c3F)o2)n1. The van der Waals surface area contributed by atoms with Crippen molar-refractivity contribution >= 4 is 46.6 Å². The van der Waals surface area contributed by atoms with Crippen LogP contribution in [0.15, 0.2) is 46.1 Å². The Hall–Kier alpha value is -2.90. The van der Waals surface area contributed by atoms with Gasteiger partial charge < -0.3 is 9.15 Å². The van der Waals surface area contributed by atoms with Gasteiger partial charge in [-0.15, -0.1) is 10.2 Å². The summed E-state index contributed by atoms with van der Waals surface area (Å²) in [5, 5.41) is 18.1. The lowest BCUT2D eigenvalue weighted by Gasteiger charge is -2.11. The van der Waals surface area contributed by atoms with Crippen molar-refractivity contribution in [2.45, 2.75) is 11.6 Å². The van der Waals surface area contributed by atoms with Crippen molar-refractivity contribution in [3.63, 3.8) is 0 Å². The minimum absolute atomic E-state index is 0.0383. The van der Waals surface area contributed by atoms with E-state index in [9.17, 15) is 0 Å². The lowest BCUT2D eigenvalue weighted by atomic mass is 10.1. The van der Waals surface area contributed by atoms with Crippen LogP contribution in [0, 0.1) is 17.1 Å². The van der Waals surface area contributed by atoms with Crippen molar-refractivity contribution in [3.8, 4) is 29.2 Å². The van der Waals surface area contributed by atoms with Gasteiger partial charge in [0.1, 0.15) is 5.75 Å². The fourth-order valence-electron chi connectivity index (χ4n) is 2.79. The molecular weight excluding hydrogens is 512 g/mol. The molecule has 0 N–H and O–H groups in total. The molecule has 0 aliphatic heterocycles. The van der Waals surface area contributed by atoms with Gasteiger partial charge in [0.2, 0.25) is 5.89 Å². The first-order chi connectivity index (χ1) is 15.9. The Bertz CT molecular complexity index is 1390. The molecule has 0 amide bonds. The molecule has 0 radical (unpaired) electrons. The molecule has 4 rings (SSSR count). The highest BCUT2D eigenvalue weighted by Crippen LogP contribution is 2.36. The van der Waals surface area contributed by atoms with Crippen LogP contribution < -0.4 is 4.74 Å². The van der Waals surface area contributed by atoms with E-state index in [2.05, 4.69) is 20.2 Å². The van der Waals surface area contributed by atoms with Crippen LogP contribution in [0.5, 0.6) is 11.5 Å². The van der Waals surface area contributed by atoms with E-state index in [1.165, 1.54) is 48.3 Å². The summed E-state index contributed by atoms with van der Waals surface area (Å²) in [4.78, 5) is 8.34. The summed E-state index contributed by atoms with van der Waals surface area (Å²) in [6.07, 6.45) is 3.22. The van der Waals surface area contributed by atoms with Crippen molar-refractivity contribution in [1.29, 1.82) is 5.26 Å². The topological polar surface area (TPSA) is 97.7 Å². The summed E-state index contributed by atoms with van der Waals surface area (Å²) in [5.41, 5.74) is 0.743. The molecule has 2 heterocycles. The maximum Gasteiger partial charge on any atom is 0.268 e. The Labute approximate surface area is 206 Å². The quantitative estimate of drug-likeness (QED) is 0.206. The van der Waals surface area contributed by atoms with E-state index in [0.717, 1.165) is 0 Å².